The van der Waals surface area contributed by atoms with E-state index in [1.807, 2.05) is 0 Å². The lowest BCUT2D eigenvalue weighted by Crippen LogP contribution is -2.06. The number of hydrogen-bond acceptors (Lipinski definition) is 5. The molecule has 0 heterocycles. The minimum absolute atomic E-state index is 0.275. The number of carbonyl (C=O) groups excluding carboxylic acids is 1. The molecule has 8 heteroatoms. The smallest absolute Gasteiger partial charge is 0.416 e. The number of methoxy groups -OCH3 is 2. The Balaban J connectivity index is 2.31. The SMILES string of the molecule is COC(=O)/C=C(/OC)c1ccccc1C=NN=C(C)c1cccc(C(F)(F)F)c1. The minimum atomic E-state index is -4.43. The average molecular weight is 404 g/mol. The lowest BCUT2D eigenvalue weighted by Gasteiger charge is -2.09. The zero-order valence-corrected chi connectivity index (χ0v) is 16.0. The average Bonchev–Trinajstić information content (AvgIpc) is 2.71. The molecular weight excluding hydrogens is 385 g/mol. The summed E-state index contributed by atoms with van der Waals surface area (Å²) in [7, 11) is 2.67. The van der Waals surface area contributed by atoms with E-state index < -0.39 is 17.7 Å². The maximum atomic E-state index is 12.9. The van der Waals surface area contributed by atoms with Gasteiger partial charge in [-0.05, 0) is 24.6 Å². The van der Waals surface area contributed by atoms with Crippen LogP contribution in [0.15, 0.2) is 64.8 Å². The van der Waals surface area contributed by atoms with Crippen molar-refractivity contribution >= 4 is 23.7 Å². The van der Waals surface area contributed by atoms with Gasteiger partial charge in [-0.2, -0.15) is 23.4 Å². The number of benzene rings is 2. The molecule has 0 radical (unpaired) electrons. The largest absolute Gasteiger partial charge is 0.496 e. The van der Waals surface area contributed by atoms with E-state index in [1.165, 1.54) is 38.6 Å². The summed E-state index contributed by atoms with van der Waals surface area (Å²) < 4.78 is 48.4. The number of nitrogens with zero attached hydrogens (tertiary/aromatic N) is 2. The fourth-order valence-electron chi connectivity index (χ4n) is 2.40. The molecule has 2 rings (SSSR count). The highest BCUT2D eigenvalue weighted by Gasteiger charge is 2.30. The van der Waals surface area contributed by atoms with Gasteiger partial charge in [0.1, 0.15) is 5.76 Å². The summed E-state index contributed by atoms with van der Waals surface area (Å²) in [5.74, 6) is -0.301. The maximum absolute atomic E-state index is 12.9. The fraction of sp³-hybridized carbons (Fsp3) is 0.190. The Morgan fingerprint density at radius 1 is 1.03 bits per heavy atom. The molecule has 0 saturated carbocycles. The third-order valence-electron chi connectivity index (χ3n) is 3.91. The van der Waals surface area contributed by atoms with Crippen LogP contribution in [0.1, 0.15) is 29.2 Å². The van der Waals surface area contributed by atoms with Crippen molar-refractivity contribution in [1.82, 2.24) is 0 Å². The first-order valence-electron chi connectivity index (χ1n) is 8.44. The molecule has 0 amide bonds. The van der Waals surface area contributed by atoms with Crippen molar-refractivity contribution in [1.29, 1.82) is 0 Å². The fourth-order valence-corrected chi connectivity index (χ4v) is 2.40. The van der Waals surface area contributed by atoms with Gasteiger partial charge < -0.3 is 9.47 Å². The van der Waals surface area contributed by atoms with Crippen LogP contribution in [0, 0.1) is 0 Å². The van der Waals surface area contributed by atoms with Crippen molar-refractivity contribution in [2.24, 2.45) is 10.2 Å². The first kappa shape index (κ1) is 21.9. The van der Waals surface area contributed by atoms with E-state index in [9.17, 15) is 18.0 Å². The van der Waals surface area contributed by atoms with E-state index in [4.69, 9.17) is 4.74 Å². The molecule has 0 atom stereocenters. The van der Waals surface area contributed by atoms with Crippen LogP contribution in [-0.2, 0) is 20.4 Å². The third kappa shape index (κ3) is 6.03. The Morgan fingerprint density at radius 2 is 1.76 bits per heavy atom. The summed E-state index contributed by atoms with van der Waals surface area (Å²) in [4.78, 5) is 11.5. The van der Waals surface area contributed by atoms with Gasteiger partial charge in [0, 0.05) is 11.1 Å². The van der Waals surface area contributed by atoms with Crippen molar-refractivity contribution in [3.8, 4) is 0 Å². The van der Waals surface area contributed by atoms with Crippen LogP contribution in [0.5, 0.6) is 0 Å². The summed E-state index contributed by atoms with van der Waals surface area (Å²) in [5, 5.41) is 7.95. The second kappa shape index (κ2) is 9.68. The molecule has 0 spiro atoms. The Labute approximate surface area is 166 Å². The standard InChI is InChI=1S/C21H19F3N2O3/c1-14(15-8-6-9-17(11-15)21(22,23)24)26-25-13-16-7-4-5-10-18(16)19(28-2)12-20(27)29-3/h4-13H,1-3H3/b19-12+,25-13?,26-14?. The summed E-state index contributed by atoms with van der Waals surface area (Å²) in [6.07, 6.45) is -1.80. The topological polar surface area (TPSA) is 60.2 Å². The second-order valence-corrected chi connectivity index (χ2v) is 5.83. The Bertz CT molecular complexity index is 964. The lowest BCUT2D eigenvalue weighted by atomic mass is 10.1. The van der Waals surface area contributed by atoms with Crippen LogP contribution in [0.3, 0.4) is 0 Å². The van der Waals surface area contributed by atoms with E-state index >= 15 is 0 Å². The van der Waals surface area contributed by atoms with Crippen LogP contribution in [0.4, 0.5) is 13.2 Å². The summed E-state index contributed by atoms with van der Waals surface area (Å²) in [6.45, 7) is 1.57. The van der Waals surface area contributed by atoms with Gasteiger partial charge >= 0.3 is 12.1 Å². The predicted molar refractivity (Wildman–Crippen MR) is 105 cm³/mol. The van der Waals surface area contributed by atoms with Gasteiger partial charge in [-0.25, -0.2) is 4.79 Å². The molecule has 0 unspecified atom stereocenters. The number of carbonyl (C=O) groups is 1. The normalized spacial score (nSPS) is 12.9. The molecule has 0 N–H and O–H groups in total. The number of ether oxygens (including phenoxy) is 2. The summed E-state index contributed by atoms with van der Waals surface area (Å²) in [6, 6.07) is 11.8. The van der Waals surface area contributed by atoms with Gasteiger partial charge in [0.05, 0.1) is 37.8 Å². The first-order valence-corrected chi connectivity index (χ1v) is 8.44. The van der Waals surface area contributed by atoms with Gasteiger partial charge in [-0.1, -0.05) is 36.4 Å². The zero-order chi connectivity index (χ0) is 21.4. The quantitative estimate of drug-likeness (QED) is 0.230. The maximum Gasteiger partial charge on any atom is 0.416 e. The highest BCUT2D eigenvalue weighted by atomic mass is 19.4. The molecule has 29 heavy (non-hydrogen) atoms. The number of esters is 1. The second-order valence-electron chi connectivity index (χ2n) is 5.83. The summed E-state index contributed by atoms with van der Waals surface area (Å²) >= 11 is 0. The van der Waals surface area contributed by atoms with Crippen molar-refractivity contribution in [2.75, 3.05) is 14.2 Å². The number of alkyl halides is 3. The van der Waals surface area contributed by atoms with Crippen molar-refractivity contribution in [3.63, 3.8) is 0 Å². The molecule has 2 aromatic carbocycles. The van der Waals surface area contributed by atoms with E-state index in [-0.39, 0.29) is 5.76 Å². The molecule has 0 aliphatic heterocycles. The van der Waals surface area contributed by atoms with E-state index in [0.717, 1.165) is 12.1 Å². The molecule has 2 aromatic rings. The monoisotopic (exact) mass is 404 g/mol. The Hall–Kier alpha value is -3.42. The van der Waals surface area contributed by atoms with E-state index in [2.05, 4.69) is 14.9 Å². The number of hydrogen-bond donors (Lipinski definition) is 0. The van der Waals surface area contributed by atoms with Crippen LogP contribution in [0.25, 0.3) is 5.76 Å². The lowest BCUT2D eigenvalue weighted by molar-refractivity contribution is -0.137. The number of rotatable bonds is 6. The molecule has 5 nitrogen and oxygen atoms in total. The summed E-state index contributed by atoms with van der Waals surface area (Å²) in [5.41, 5.74) is 1.06. The van der Waals surface area contributed by atoms with E-state index in [0.29, 0.717) is 22.4 Å². The van der Waals surface area contributed by atoms with Gasteiger partial charge in [0.15, 0.2) is 0 Å². The Kier molecular flexibility index (Phi) is 7.30. The van der Waals surface area contributed by atoms with Crippen molar-refractivity contribution < 1.29 is 27.4 Å². The van der Waals surface area contributed by atoms with Crippen molar-refractivity contribution in [3.05, 3.63) is 76.9 Å². The predicted octanol–water partition coefficient (Wildman–Crippen LogP) is 4.71. The van der Waals surface area contributed by atoms with Gasteiger partial charge in [-0.3, -0.25) is 0 Å². The molecule has 0 aliphatic rings. The van der Waals surface area contributed by atoms with Crippen LogP contribution < -0.4 is 0 Å². The number of halogens is 3. The van der Waals surface area contributed by atoms with Crippen LogP contribution in [-0.4, -0.2) is 32.1 Å². The van der Waals surface area contributed by atoms with Crippen LogP contribution >= 0.6 is 0 Å². The van der Waals surface area contributed by atoms with E-state index in [1.54, 1.807) is 31.2 Å². The van der Waals surface area contributed by atoms with Crippen LogP contribution in [0.2, 0.25) is 0 Å². The Morgan fingerprint density at radius 3 is 2.41 bits per heavy atom. The third-order valence-corrected chi connectivity index (χ3v) is 3.91. The van der Waals surface area contributed by atoms with Crippen molar-refractivity contribution in [2.45, 2.75) is 13.1 Å². The molecule has 0 aliphatic carbocycles. The minimum Gasteiger partial charge on any atom is -0.496 e. The zero-order valence-electron chi connectivity index (χ0n) is 16.0. The molecular formula is C21H19F3N2O3. The van der Waals surface area contributed by atoms with Gasteiger partial charge in [0.25, 0.3) is 0 Å². The molecule has 0 bridgehead atoms. The molecule has 0 fully saturated rings. The van der Waals surface area contributed by atoms with Gasteiger partial charge in [-0.15, -0.1) is 0 Å². The first-order chi connectivity index (χ1) is 13.8. The highest BCUT2D eigenvalue weighted by molar-refractivity contribution is 5.99. The molecule has 0 saturated heterocycles. The highest BCUT2D eigenvalue weighted by Crippen LogP contribution is 2.29. The molecule has 0 aromatic heterocycles. The molecule has 152 valence electrons. The van der Waals surface area contributed by atoms with Gasteiger partial charge in [0.2, 0.25) is 0 Å².